The lowest BCUT2D eigenvalue weighted by Crippen LogP contribution is -2.16. The first kappa shape index (κ1) is 9.48. The van der Waals surface area contributed by atoms with Crippen LogP contribution >= 0.6 is 15.9 Å². The van der Waals surface area contributed by atoms with Crippen molar-refractivity contribution in [2.45, 2.75) is 13.0 Å². The van der Waals surface area contributed by atoms with E-state index in [0.29, 0.717) is 5.75 Å². The van der Waals surface area contributed by atoms with Crippen LogP contribution < -0.4 is 4.74 Å². The first-order valence-electron chi connectivity index (χ1n) is 3.60. The Morgan fingerprint density at radius 2 is 2.42 bits per heavy atom. The summed E-state index contributed by atoms with van der Waals surface area (Å²) in [4.78, 5) is 3.92. The molecule has 0 aromatic carbocycles. The van der Waals surface area contributed by atoms with Crippen molar-refractivity contribution in [3.63, 3.8) is 0 Å². The molecule has 0 saturated carbocycles. The van der Waals surface area contributed by atoms with Gasteiger partial charge in [0.2, 0.25) is 0 Å². The first-order chi connectivity index (χ1) is 5.72. The molecule has 3 nitrogen and oxygen atoms in total. The monoisotopic (exact) mass is 231 g/mol. The second kappa shape index (κ2) is 4.42. The van der Waals surface area contributed by atoms with E-state index in [2.05, 4.69) is 20.9 Å². The molecule has 0 aliphatic carbocycles. The molecular formula is C8H10BrNO2. The molecule has 0 aliphatic rings. The van der Waals surface area contributed by atoms with E-state index in [9.17, 15) is 0 Å². The molecule has 0 spiro atoms. The molecule has 0 fully saturated rings. The van der Waals surface area contributed by atoms with E-state index >= 15 is 0 Å². The highest BCUT2D eigenvalue weighted by Crippen LogP contribution is 2.16. The third-order valence-corrected chi connectivity index (χ3v) is 1.71. The number of pyridine rings is 1. The van der Waals surface area contributed by atoms with Crippen molar-refractivity contribution >= 4 is 15.9 Å². The van der Waals surface area contributed by atoms with Gasteiger partial charge in [0, 0.05) is 10.7 Å². The van der Waals surface area contributed by atoms with Gasteiger partial charge in [-0.3, -0.25) is 4.98 Å². The van der Waals surface area contributed by atoms with Gasteiger partial charge in [-0.15, -0.1) is 0 Å². The summed E-state index contributed by atoms with van der Waals surface area (Å²) in [7, 11) is 0. The van der Waals surface area contributed by atoms with Crippen molar-refractivity contribution in [3.05, 3.63) is 22.9 Å². The number of aliphatic hydroxyl groups is 1. The normalized spacial score (nSPS) is 12.6. The van der Waals surface area contributed by atoms with Gasteiger partial charge in [-0.05, 0) is 28.9 Å². The highest BCUT2D eigenvalue weighted by Gasteiger charge is 2.01. The third kappa shape index (κ3) is 2.79. The van der Waals surface area contributed by atoms with Crippen LogP contribution in [0.15, 0.2) is 22.9 Å². The van der Waals surface area contributed by atoms with Gasteiger partial charge in [0.15, 0.2) is 0 Å². The zero-order valence-electron chi connectivity index (χ0n) is 6.70. The summed E-state index contributed by atoms with van der Waals surface area (Å²) < 4.78 is 6.17. The van der Waals surface area contributed by atoms with Gasteiger partial charge in [0.05, 0.1) is 12.8 Å². The molecule has 66 valence electrons. The maximum absolute atomic E-state index is 8.71. The number of hydrogen-bond donors (Lipinski definition) is 1. The lowest BCUT2D eigenvalue weighted by molar-refractivity contribution is 0.129. The van der Waals surface area contributed by atoms with Crippen molar-refractivity contribution in [2.24, 2.45) is 0 Å². The van der Waals surface area contributed by atoms with Crippen LogP contribution in [0.25, 0.3) is 0 Å². The Labute approximate surface area is 79.5 Å². The minimum absolute atomic E-state index is 0.00646. The van der Waals surface area contributed by atoms with Gasteiger partial charge >= 0.3 is 0 Å². The van der Waals surface area contributed by atoms with Crippen molar-refractivity contribution in [3.8, 4) is 5.75 Å². The predicted octanol–water partition coefficient (Wildman–Crippen LogP) is 1.60. The fourth-order valence-corrected chi connectivity index (χ4v) is 1.07. The van der Waals surface area contributed by atoms with E-state index in [0.717, 1.165) is 4.47 Å². The number of rotatable bonds is 3. The van der Waals surface area contributed by atoms with Crippen molar-refractivity contribution in [1.29, 1.82) is 0 Å². The molecule has 0 aliphatic heterocycles. The SMILES string of the molecule is CC(CO)Oc1cncc(Br)c1. The molecule has 1 aromatic heterocycles. The quantitative estimate of drug-likeness (QED) is 0.860. The van der Waals surface area contributed by atoms with Crippen molar-refractivity contribution < 1.29 is 9.84 Å². The average molecular weight is 232 g/mol. The Bertz CT molecular complexity index is 255. The number of ether oxygens (including phenoxy) is 1. The van der Waals surface area contributed by atoms with Crippen LogP contribution in [-0.4, -0.2) is 22.8 Å². The average Bonchev–Trinajstić information content (AvgIpc) is 2.04. The van der Waals surface area contributed by atoms with Crippen molar-refractivity contribution in [1.82, 2.24) is 4.98 Å². The molecule has 4 heteroatoms. The van der Waals surface area contributed by atoms with Crippen LogP contribution in [0.4, 0.5) is 0 Å². The predicted molar refractivity (Wildman–Crippen MR) is 49.1 cm³/mol. The van der Waals surface area contributed by atoms with Crippen LogP contribution in [0, 0.1) is 0 Å². The molecule has 1 N–H and O–H groups in total. The fourth-order valence-electron chi connectivity index (χ4n) is 0.726. The first-order valence-corrected chi connectivity index (χ1v) is 4.39. The summed E-state index contributed by atoms with van der Waals surface area (Å²) in [6, 6.07) is 1.80. The highest BCUT2D eigenvalue weighted by atomic mass is 79.9. The van der Waals surface area contributed by atoms with E-state index in [-0.39, 0.29) is 12.7 Å². The summed E-state index contributed by atoms with van der Waals surface area (Å²) in [5.41, 5.74) is 0. The summed E-state index contributed by atoms with van der Waals surface area (Å²) in [6.45, 7) is 1.80. The molecule has 0 radical (unpaired) electrons. The number of halogens is 1. The van der Waals surface area contributed by atoms with E-state index in [1.54, 1.807) is 25.4 Å². The molecule has 1 heterocycles. The Balaban J connectivity index is 2.63. The lowest BCUT2D eigenvalue weighted by Gasteiger charge is -2.10. The van der Waals surface area contributed by atoms with Crippen LogP contribution in [0.1, 0.15) is 6.92 Å². The molecule has 0 amide bonds. The molecule has 1 atom stereocenters. The van der Waals surface area contributed by atoms with Gasteiger partial charge in [-0.25, -0.2) is 0 Å². The second-order valence-electron chi connectivity index (χ2n) is 2.45. The largest absolute Gasteiger partial charge is 0.487 e. The standard InChI is InChI=1S/C8H10BrNO2/c1-6(5-11)12-8-2-7(9)3-10-4-8/h2-4,6,11H,5H2,1H3. The summed E-state index contributed by atoms with van der Waals surface area (Å²) >= 11 is 3.27. The van der Waals surface area contributed by atoms with Gasteiger partial charge in [-0.1, -0.05) is 0 Å². The number of hydrogen-bond acceptors (Lipinski definition) is 3. The van der Waals surface area contributed by atoms with Crippen LogP contribution in [0.5, 0.6) is 5.75 Å². The molecule has 0 bridgehead atoms. The summed E-state index contributed by atoms with van der Waals surface area (Å²) in [5.74, 6) is 0.658. The molecular weight excluding hydrogens is 222 g/mol. The summed E-state index contributed by atoms with van der Waals surface area (Å²) in [6.07, 6.45) is 3.09. The summed E-state index contributed by atoms with van der Waals surface area (Å²) in [5, 5.41) is 8.71. The van der Waals surface area contributed by atoms with Gasteiger partial charge in [0.25, 0.3) is 0 Å². The van der Waals surface area contributed by atoms with Gasteiger partial charge in [-0.2, -0.15) is 0 Å². The van der Waals surface area contributed by atoms with E-state index < -0.39 is 0 Å². The number of aromatic nitrogens is 1. The zero-order valence-corrected chi connectivity index (χ0v) is 8.28. The van der Waals surface area contributed by atoms with Crippen LogP contribution in [-0.2, 0) is 0 Å². The maximum atomic E-state index is 8.71. The number of nitrogens with zero attached hydrogens (tertiary/aromatic N) is 1. The third-order valence-electron chi connectivity index (χ3n) is 1.27. The fraction of sp³-hybridized carbons (Fsp3) is 0.375. The lowest BCUT2D eigenvalue weighted by atomic mass is 10.4. The molecule has 12 heavy (non-hydrogen) atoms. The zero-order chi connectivity index (χ0) is 8.97. The molecule has 1 aromatic rings. The van der Waals surface area contributed by atoms with Crippen molar-refractivity contribution in [2.75, 3.05) is 6.61 Å². The Kier molecular flexibility index (Phi) is 3.49. The Morgan fingerprint density at radius 1 is 1.67 bits per heavy atom. The van der Waals surface area contributed by atoms with E-state index in [1.165, 1.54) is 0 Å². The Morgan fingerprint density at radius 3 is 3.00 bits per heavy atom. The van der Waals surface area contributed by atoms with E-state index in [1.807, 2.05) is 0 Å². The number of aliphatic hydroxyl groups excluding tert-OH is 1. The Hall–Kier alpha value is -0.610. The van der Waals surface area contributed by atoms with E-state index in [4.69, 9.17) is 9.84 Å². The minimum atomic E-state index is -0.193. The molecule has 1 rings (SSSR count). The molecule has 0 saturated heterocycles. The maximum Gasteiger partial charge on any atom is 0.139 e. The topological polar surface area (TPSA) is 42.4 Å². The highest BCUT2D eigenvalue weighted by molar-refractivity contribution is 9.10. The smallest absolute Gasteiger partial charge is 0.139 e. The minimum Gasteiger partial charge on any atom is -0.487 e. The van der Waals surface area contributed by atoms with Crippen LogP contribution in [0.3, 0.4) is 0 Å². The molecule has 1 unspecified atom stereocenters. The van der Waals surface area contributed by atoms with Gasteiger partial charge in [0.1, 0.15) is 11.9 Å². The van der Waals surface area contributed by atoms with Crippen LogP contribution in [0.2, 0.25) is 0 Å². The second-order valence-corrected chi connectivity index (χ2v) is 3.37. The van der Waals surface area contributed by atoms with Gasteiger partial charge < -0.3 is 9.84 Å².